The molecule has 1 amide bonds. The van der Waals surface area contributed by atoms with Crippen LogP contribution in [0.25, 0.3) is 0 Å². The minimum Gasteiger partial charge on any atom is -0.483 e. The maximum atomic E-state index is 12.3. The predicted octanol–water partition coefficient (Wildman–Crippen LogP) is 4.10. The SMILES string of the molecule is CC(C)c1ccccc1NC(=O)COc1ccnc2c1CCCC2. The number of fused-ring (bicyclic) bond motifs is 1. The first-order valence-corrected chi connectivity index (χ1v) is 8.63. The molecule has 24 heavy (non-hydrogen) atoms. The lowest BCUT2D eigenvalue weighted by Gasteiger charge is -2.18. The molecule has 0 aliphatic heterocycles. The quantitative estimate of drug-likeness (QED) is 0.901. The Balaban J connectivity index is 1.65. The number of ether oxygens (including phenoxy) is 1. The van der Waals surface area contributed by atoms with Crippen molar-refractivity contribution in [2.75, 3.05) is 11.9 Å². The number of aryl methyl sites for hydroxylation is 1. The third-order valence-corrected chi connectivity index (χ3v) is 4.41. The second-order valence-electron chi connectivity index (χ2n) is 6.52. The average molecular weight is 324 g/mol. The summed E-state index contributed by atoms with van der Waals surface area (Å²) in [7, 11) is 0. The highest BCUT2D eigenvalue weighted by Gasteiger charge is 2.16. The maximum absolute atomic E-state index is 12.3. The Morgan fingerprint density at radius 3 is 2.83 bits per heavy atom. The van der Waals surface area contributed by atoms with Crippen LogP contribution in [0.3, 0.4) is 0 Å². The van der Waals surface area contributed by atoms with Gasteiger partial charge in [-0.15, -0.1) is 0 Å². The second kappa shape index (κ2) is 7.47. The first-order chi connectivity index (χ1) is 11.6. The zero-order valence-electron chi connectivity index (χ0n) is 14.3. The molecule has 1 aromatic heterocycles. The summed E-state index contributed by atoms with van der Waals surface area (Å²) in [4.78, 5) is 16.7. The number of rotatable bonds is 5. The fraction of sp³-hybridized carbons (Fsp3) is 0.400. The fourth-order valence-electron chi connectivity index (χ4n) is 3.17. The van der Waals surface area contributed by atoms with E-state index in [-0.39, 0.29) is 12.5 Å². The highest BCUT2D eigenvalue weighted by molar-refractivity contribution is 5.92. The number of hydrogen-bond acceptors (Lipinski definition) is 3. The number of nitrogens with one attached hydrogen (secondary N) is 1. The molecule has 0 saturated heterocycles. The first-order valence-electron chi connectivity index (χ1n) is 8.63. The third-order valence-electron chi connectivity index (χ3n) is 4.41. The van der Waals surface area contributed by atoms with E-state index < -0.39 is 0 Å². The molecule has 1 N–H and O–H groups in total. The van der Waals surface area contributed by atoms with Crippen LogP contribution in [0.1, 0.15) is 49.4 Å². The van der Waals surface area contributed by atoms with Gasteiger partial charge in [0.25, 0.3) is 5.91 Å². The zero-order chi connectivity index (χ0) is 16.9. The van der Waals surface area contributed by atoms with Crippen molar-refractivity contribution in [2.45, 2.75) is 45.4 Å². The van der Waals surface area contributed by atoms with Gasteiger partial charge in [0.15, 0.2) is 6.61 Å². The van der Waals surface area contributed by atoms with Gasteiger partial charge in [0.1, 0.15) is 5.75 Å². The molecule has 1 aromatic carbocycles. The van der Waals surface area contributed by atoms with Gasteiger partial charge in [0.2, 0.25) is 0 Å². The van der Waals surface area contributed by atoms with Gasteiger partial charge in [-0.2, -0.15) is 0 Å². The van der Waals surface area contributed by atoms with Gasteiger partial charge in [-0.1, -0.05) is 32.0 Å². The molecule has 4 nitrogen and oxygen atoms in total. The number of amides is 1. The number of para-hydroxylation sites is 1. The van der Waals surface area contributed by atoms with Gasteiger partial charge in [0, 0.05) is 23.1 Å². The van der Waals surface area contributed by atoms with Crippen molar-refractivity contribution in [3.63, 3.8) is 0 Å². The van der Waals surface area contributed by atoms with Crippen LogP contribution in [-0.4, -0.2) is 17.5 Å². The van der Waals surface area contributed by atoms with Crippen LogP contribution in [0.4, 0.5) is 5.69 Å². The van der Waals surface area contributed by atoms with Gasteiger partial charge in [-0.25, -0.2) is 0 Å². The Labute approximate surface area is 143 Å². The predicted molar refractivity (Wildman–Crippen MR) is 95.5 cm³/mol. The van der Waals surface area contributed by atoms with E-state index in [0.717, 1.165) is 42.0 Å². The Bertz CT molecular complexity index is 725. The monoisotopic (exact) mass is 324 g/mol. The molecule has 2 aromatic rings. The van der Waals surface area contributed by atoms with E-state index >= 15 is 0 Å². The molecule has 3 rings (SSSR count). The molecule has 0 spiro atoms. The summed E-state index contributed by atoms with van der Waals surface area (Å²) in [6, 6.07) is 9.76. The summed E-state index contributed by atoms with van der Waals surface area (Å²) in [6.45, 7) is 4.25. The Hall–Kier alpha value is -2.36. The lowest BCUT2D eigenvalue weighted by atomic mass is 9.95. The summed E-state index contributed by atoms with van der Waals surface area (Å²) in [5.74, 6) is 1.02. The van der Waals surface area contributed by atoms with Gasteiger partial charge in [-0.05, 0) is 49.3 Å². The number of hydrogen-bond donors (Lipinski definition) is 1. The maximum Gasteiger partial charge on any atom is 0.262 e. The molecule has 0 unspecified atom stereocenters. The van der Waals surface area contributed by atoms with Gasteiger partial charge in [-0.3, -0.25) is 9.78 Å². The minimum absolute atomic E-state index is 0.0167. The molecule has 0 saturated carbocycles. The normalized spacial score (nSPS) is 13.5. The van der Waals surface area contributed by atoms with E-state index in [4.69, 9.17) is 4.74 Å². The van der Waals surface area contributed by atoms with Crippen LogP contribution in [0.15, 0.2) is 36.5 Å². The average Bonchev–Trinajstić information content (AvgIpc) is 2.60. The highest BCUT2D eigenvalue weighted by atomic mass is 16.5. The molecule has 0 atom stereocenters. The number of anilines is 1. The molecule has 126 valence electrons. The Kier molecular flexibility index (Phi) is 5.14. The molecule has 0 bridgehead atoms. The van der Waals surface area contributed by atoms with Crippen molar-refractivity contribution >= 4 is 11.6 Å². The van der Waals surface area contributed by atoms with E-state index in [2.05, 4.69) is 24.1 Å². The number of benzene rings is 1. The molecule has 0 radical (unpaired) electrons. The molecule has 1 aliphatic carbocycles. The number of aromatic nitrogens is 1. The van der Waals surface area contributed by atoms with Crippen LogP contribution < -0.4 is 10.1 Å². The lowest BCUT2D eigenvalue weighted by molar-refractivity contribution is -0.118. The van der Waals surface area contributed by atoms with E-state index in [1.165, 1.54) is 12.0 Å². The van der Waals surface area contributed by atoms with Crippen LogP contribution in [0, 0.1) is 0 Å². The fourth-order valence-corrected chi connectivity index (χ4v) is 3.17. The van der Waals surface area contributed by atoms with E-state index in [1.807, 2.05) is 30.3 Å². The summed E-state index contributed by atoms with van der Waals surface area (Å²) in [6.07, 6.45) is 6.08. The van der Waals surface area contributed by atoms with Crippen molar-refractivity contribution in [1.82, 2.24) is 4.98 Å². The molecule has 1 heterocycles. The zero-order valence-corrected chi connectivity index (χ0v) is 14.3. The molecular weight excluding hydrogens is 300 g/mol. The molecule has 4 heteroatoms. The van der Waals surface area contributed by atoms with Crippen LogP contribution in [0.2, 0.25) is 0 Å². The lowest BCUT2D eigenvalue weighted by Crippen LogP contribution is -2.22. The van der Waals surface area contributed by atoms with Crippen LogP contribution in [-0.2, 0) is 17.6 Å². The largest absolute Gasteiger partial charge is 0.483 e. The smallest absolute Gasteiger partial charge is 0.262 e. The highest BCUT2D eigenvalue weighted by Crippen LogP contribution is 2.28. The first kappa shape index (κ1) is 16.5. The number of carbonyl (C=O) groups excluding carboxylic acids is 1. The van der Waals surface area contributed by atoms with Crippen molar-refractivity contribution in [3.8, 4) is 5.75 Å². The standard InChI is InChI=1S/C20H24N2O2/c1-14(2)15-7-3-6-10-18(15)22-20(23)13-24-19-11-12-21-17-9-5-4-8-16(17)19/h3,6-7,10-12,14H,4-5,8-9,13H2,1-2H3,(H,22,23). The summed E-state index contributed by atoms with van der Waals surface area (Å²) >= 11 is 0. The van der Waals surface area contributed by atoms with E-state index in [0.29, 0.717) is 5.92 Å². The van der Waals surface area contributed by atoms with Crippen molar-refractivity contribution in [3.05, 3.63) is 53.3 Å². The summed E-state index contributed by atoms with van der Waals surface area (Å²) in [5.41, 5.74) is 4.27. The number of carbonyl (C=O) groups is 1. The minimum atomic E-state index is -0.135. The second-order valence-corrected chi connectivity index (χ2v) is 6.52. The summed E-state index contributed by atoms with van der Waals surface area (Å²) in [5, 5.41) is 2.96. The van der Waals surface area contributed by atoms with Gasteiger partial charge in [0.05, 0.1) is 0 Å². The van der Waals surface area contributed by atoms with E-state index in [9.17, 15) is 4.79 Å². The van der Waals surface area contributed by atoms with Crippen molar-refractivity contribution in [1.29, 1.82) is 0 Å². The number of pyridine rings is 1. The van der Waals surface area contributed by atoms with Crippen LogP contribution >= 0.6 is 0 Å². The van der Waals surface area contributed by atoms with E-state index in [1.54, 1.807) is 6.20 Å². The van der Waals surface area contributed by atoms with Gasteiger partial charge < -0.3 is 10.1 Å². The van der Waals surface area contributed by atoms with Crippen molar-refractivity contribution < 1.29 is 9.53 Å². The third kappa shape index (κ3) is 3.75. The van der Waals surface area contributed by atoms with Crippen LogP contribution in [0.5, 0.6) is 5.75 Å². The molecule has 1 aliphatic rings. The number of nitrogens with zero attached hydrogens (tertiary/aromatic N) is 1. The van der Waals surface area contributed by atoms with Crippen molar-refractivity contribution in [2.24, 2.45) is 0 Å². The summed E-state index contributed by atoms with van der Waals surface area (Å²) < 4.78 is 5.79. The Morgan fingerprint density at radius 1 is 1.21 bits per heavy atom. The van der Waals surface area contributed by atoms with Gasteiger partial charge >= 0.3 is 0 Å². The topological polar surface area (TPSA) is 51.2 Å². The molecule has 0 fully saturated rings. The molecular formula is C20H24N2O2. The Morgan fingerprint density at radius 2 is 2.00 bits per heavy atom.